The van der Waals surface area contributed by atoms with E-state index >= 15 is 0 Å². The van der Waals surface area contributed by atoms with Gasteiger partial charge in [-0.3, -0.25) is 4.72 Å². The fourth-order valence-corrected chi connectivity index (χ4v) is 2.91. The van der Waals surface area contributed by atoms with Crippen LogP contribution in [0.15, 0.2) is 48.5 Å². The Bertz CT molecular complexity index is 828. The van der Waals surface area contributed by atoms with Crippen molar-refractivity contribution >= 4 is 21.7 Å². The highest BCUT2D eigenvalue weighted by molar-refractivity contribution is 7.93. The Hall–Kier alpha value is -2.34. The Morgan fingerprint density at radius 3 is 2.21 bits per heavy atom. The molecule has 2 aromatic rings. The molecule has 5 nitrogen and oxygen atoms in total. The summed E-state index contributed by atoms with van der Waals surface area (Å²) in [5, 5.41) is 8.52. The van der Waals surface area contributed by atoms with Crippen molar-refractivity contribution < 1.29 is 18.3 Å². The van der Waals surface area contributed by atoms with Crippen LogP contribution in [0.25, 0.3) is 0 Å². The lowest BCUT2D eigenvalue weighted by Crippen LogP contribution is -2.22. The molecule has 0 spiro atoms. The minimum atomic E-state index is -3.37. The molecule has 0 fully saturated rings. The molecule has 0 aromatic heterocycles. The minimum Gasteiger partial charge on any atom is -0.478 e. The first-order valence-electron chi connectivity index (χ1n) is 7.71. The maximum Gasteiger partial charge on any atom is 0.335 e. The van der Waals surface area contributed by atoms with Gasteiger partial charge in [-0.25, -0.2) is 13.2 Å². The third kappa shape index (κ3) is 4.83. The van der Waals surface area contributed by atoms with Gasteiger partial charge in [0.15, 0.2) is 0 Å². The van der Waals surface area contributed by atoms with Crippen LogP contribution in [0.2, 0.25) is 0 Å². The van der Waals surface area contributed by atoms with Crippen molar-refractivity contribution in [3.63, 3.8) is 0 Å². The molecule has 0 unspecified atom stereocenters. The summed E-state index contributed by atoms with van der Waals surface area (Å²) in [7, 11) is -3.37. The van der Waals surface area contributed by atoms with Crippen molar-refractivity contribution in [2.75, 3.05) is 4.72 Å². The zero-order valence-corrected chi connectivity index (χ0v) is 14.5. The highest BCUT2D eigenvalue weighted by Gasteiger charge is 2.15. The number of nitrogens with one attached hydrogen (secondary N) is 1. The molecular weight excluding hydrogens is 326 g/mol. The second-order valence-corrected chi connectivity index (χ2v) is 8.14. The summed E-state index contributed by atoms with van der Waals surface area (Å²) in [5.41, 5.74) is 2.73. The number of aryl methyl sites for hydroxylation is 2. The second-order valence-electron chi connectivity index (χ2n) is 5.90. The number of aromatic carboxylic acids is 1. The molecule has 0 aliphatic carbocycles. The lowest BCUT2D eigenvalue weighted by molar-refractivity contribution is 0.0696. The molecule has 0 aliphatic heterocycles. The van der Waals surface area contributed by atoms with Gasteiger partial charge in [-0.2, -0.15) is 0 Å². The van der Waals surface area contributed by atoms with Gasteiger partial charge < -0.3 is 5.11 Å². The highest BCUT2D eigenvalue weighted by atomic mass is 32.2. The summed E-state index contributed by atoms with van der Waals surface area (Å²) in [6, 6.07) is 14.1. The van der Waals surface area contributed by atoms with Gasteiger partial charge in [0.2, 0.25) is 10.0 Å². The van der Waals surface area contributed by atoms with Crippen LogP contribution in [0.5, 0.6) is 0 Å². The molecule has 2 rings (SSSR count). The minimum absolute atomic E-state index is 0.269. The summed E-state index contributed by atoms with van der Waals surface area (Å²) < 4.78 is 26.4. The fraction of sp³-hybridized carbons (Fsp3) is 0.278. The molecule has 0 heterocycles. The van der Waals surface area contributed by atoms with E-state index in [4.69, 9.17) is 5.11 Å². The lowest BCUT2D eigenvalue weighted by Gasteiger charge is -2.12. The van der Waals surface area contributed by atoms with Crippen molar-refractivity contribution in [3.8, 4) is 0 Å². The molecule has 0 aliphatic rings. The summed E-state index contributed by atoms with van der Waals surface area (Å²) in [6.45, 7) is 3.25. The average Bonchev–Trinajstić information content (AvgIpc) is 2.53. The van der Waals surface area contributed by atoms with Crippen LogP contribution in [0.3, 0.4) is 0 Å². The largest absolute Gasteiger partial charge is 0.478 e. The molecule has 0 amide bonds. The third-order valence-electron chi connectivity index (χ3n) is 3.68. The number of carboxylic acids is 1. The van der Waals surface area contributed by atoms with Gasteiger partial charge in [0.25, 0.3) is 0 Å². The van der Waals surface area contributed by atoms with Crippen molar-refractivity contribution in [1.29, 1.82) is 0 Å². The Morgan fingerprint density at radius 2 is 1.62 bits per heavy atom. The van der Waals surface area contributed by atoms with Crippen LogP contribution in [0.1, 0.15) is 35.3 Å². The number of benzene rings is 2. The molecule has 2 aromatic carbocycles. The Morgan fingerprint density at radius 1 is 1.04 bits per heavy atom. The molecule has 0 saturated heterocycles. The second kappa shape index (κ2) is 7.49. The Labute approximate surface area is 142 Å². The first kappa shape index (κ1) is 18.0. The quantitative estimate of drug-likeness (QED) is 0.805. The van der Waals surface area contributed by atoms with E-state index in [-0.39, 0.29) is 5.56 Å². The maximum absolute atomic E-state index is 11.9. The molecule has 0 radical (unpaired) electrons. The van der Waals surface area contributed by atoms with Crippen LogP contribution >= 0.6 is 0 Å². The van der Waals surface area contributed by atoms with Gasteiger partial charge in [-0.1, -0.05) is 24.3 Å². The summed E-state index contributed by atoms with van der Waals surface area (Å²) >= 11 is 0. The van der Waals surface area contributed by atoms with E-state index in [1.54, 1.807) is 50.2 Å². The van der Waals surface area contributed by atoms with E-state index in [0.717, 1.165) is 11.1 Å². The molecule has 24 heavy (non-hydrogen) atoms. The van der Waals surface area contributed by atoms with E-state index in [0.29, 0.717) is 18.5 Å². The molecule has 6 heteroatoms. The smallest absolute Gasteiger partial charge is 0.335 e. The number of sulfonamides is 1. The van der Waals surface area contributed by atoms with Crippen molar-refractivity contribution in [2.24, 2.45) is 0 Å². The normalized spacial score (nSPS) is 11.5. The average molecular weight is 347 g/mol. The maximum atomic E-state index is 11.9. The van der Waals surface area contributed by atoms with E-state index in [9.17, 15) is 13.2 Å². The summed E-state index contributed by atoms with van der Waals surface area (Å²) in [4.78, 5) is 11.0. The lowest BCUT2D eigenvalue weighted by atomic mass is 10.0. The predicted molar refractivity (Wildman–Crippen MR) is 94.9 cm³/mol. The molecule has 2 N–H and O–H groups in total. The first-order valence-corrected chi connectivity index (χ1v) is 9.25. The highest BCUT2D eigenvalue weighted by Crippen LogP contribution is 2.16. The zero-order chi connectivity index (χ0) is 17.7. The van der Waals surface area contributed by atoms with Crippen LogP contribution in [-0.4, -0.2) is 24.7 Å². The molecule has 0 bridgehead atoms. The molecule has 0 saturated carbocycles. The van der Waals surface area contributed by atoms with Gasteiger partial charge in [0.1, 0.15) is 0 Å². The van der Waals surface area contributed by atoms with E-state index < -0.39 is 21.2 Å². The van der Waals surface area contributed by atoms with Gasteiger partial charge >= 0.3 is 5.97 Å². The third-order valence-corrected chi connectivity index (χ3v) is 5.45. The zero-order valence-electron chi connectivity index (χ0n) is 13.7. The number of rotatable bonds is 7. The van der Waals surface area contributed by atoms with E-state index in [1.807, 2.05) is 12.1 Å². The van der Waals surface area contributed by atoms with E-state index in [2.05, 4.69) is 4.72 Å². The van der Waals surface area contributed by atoms with Crippen LogP contribution in [0, 0.1) is 0 Å². The Balaban J connectivity index is 2.07. The predicted octanol–water partition coefficient (Wildman–Crippen LogP) is 3.32. The van der Waals surface area contributed by atoms with Crippen LogP contribution < -0.4 is 4.72 Å². The number of carboxylic acid groups (broad SMARTS) is 1. The fourth-order valence-electron chi connectivity index (χ4n) is 2.22. The SMILES string of the molecule is CC(C)S(=O)(=O)Nc1cccc(CCc2cccc(C(=O)O)c2)c1. The topological polar surface area (TPSA) is 83.5 Å². The van der Waals surface area contributed by atoms with Crippen LogP contribution in [0.4, 0.5) is 5.69 Å². The van der Waals surface area contributed by atoms with Crippen molar-refractivity contribution in [3.05, 3.63) is 65.2 Å². The van der Waals surface area contributed by atoms with Crippen LogP contribution in [-0.2, 0) is 22.9 Å². The molecule has 0 atom stereocenters. The molecule has 128 valence electrons. The number of hydrogen-bond acceptors (Lipinski definition) is 3. The summed E-state index contributed by atoms with van der Waals surface area (Å²) in [6.07, 6.45) is 1.38. The van der Waals surface area contributed by atoms with Crippen molar-refractivity contribution in [2.45, 2.75) is 31.9 Å². The van der Waals surface area contributed by atoms with Gasteiger partial charge in [-0.05, 0) is 62.1 Å². The molecular formula is C18H21NO4S. The standard InChI is InChI=1S/C18H21NO4S/c1-13(2)24(22,23)19-17-8-4-6-15(12-17)10-9-14-5-3-7-16(11-14)18(20)21/h3-8,11-13,19H,9-10H2,1-2H3,(H,20,21). The van der Waals surface area contributed by atoms with E-state index in [1.165, 1.54) is 0 Å². The number of hydrogen-bond donors (Lipinski definition) is 2. The first-order chi connectivity index (χ1) is 11.3. The van der Waals surface area contributed by atoms with Crippen molar-refractivity contribution in [1.82, 2.24) is 0 Å². The number of carbonyl (C=O) groups is 1. The number of anilines is 1. The Kier molecular flexibility index (Phi) is 5.62. The van der Waals surface area contributed by atoms with Gasteiger partial charge in [-0.15, -0.1) is 0 Å². The van der Waals surface area contributed by atoms with Gasteiger partial charge in [0, 0.05) is 5.69 Å². The van der Waals surface area contributed by atoms with Gasteiger partial charge in [0.05, 0.1) is 10.8 Å². The monoisotopic (exact) mass is 347 g/mol. The summed E-state index contributed by atoms with van der Waals surface area (Å²) in [5.74, 6) is -0.943.